The minimum Gasteiger partial charge on any atom is -0.322 e. The summed E-state index contributed by atoms with van der Waals surface area (Å²) in [5.74, 6) is -0.441. The highest BCUT2D eigenvalue weighted by molar-refractivity contribution is 8.15. The van der Waals surface area contributed by atoms with Gasteiger partial charge in [-0.15, -0.1) is 4.40 Å². The Labute approximate surface area is 166 Å². The van der Waals surface area contributed by atoms with Gasteiger partial charge in [-0.3, -0.25) is 4.79 Å². The molecule has 11 heteroatoms. The van der Waals surface area contributed by atoms with Crippen molar-refractivity contribution in [3.63, 3.8) is 0 Å². The maximum Gasteiger partial charge on any atom is 0.257 e. The molecule has 8 nitrogen and oxygen atoms in total. The number of sulfone groups is 1. The van der Waals surface area contributed by atoms with Crippen LogP contribution in [0.25, 0.3) is 0 Å². The van der Waals surface area contributed by atoms with Crippen molar-refractivity contribution in [1.82, 2.24) is 0 Å². The second-order valence-electron chi connectivity index (χ2n) is 6.35. The Morgan fingerprint density at radius 3 is 2.75 bits per heavy atom. The zero-order valence-electron chi connectivity index (χ0n) is 14.6. The van der Waals surface area contributed by atoms with Gasteiger partial charge in [0.1, 0.15) is 0 Å². The molecule has 0 saturated heterocycles. The predicted octanol–water partition coefficient (Wildman–Crippen LogP) is 1.95. The third-order valence-corrected chi connectivity index (χ3v) is 7.67. The standard InChI is InChI=1S/C17H15N3O5S3/c1-27(22,23)13-4-2-3-12(10-13)18-16(21)11-5-6-14-15(9-11)26-17-19-28(24,25)8-7-20(14)17/h2-6,9-10H,7-8H2,1H3,(H,18,21). The number of benzene rings is 2. The molecule has 2 aromatic carbocycles. The number of amidine groups is 1. The van der Waals surface area contributed by atoms with E-state index in [0.717, 1.165) is 16.8 Å². The third kappa shape index (κ3) is 3.64. The largest absolute Gasteiger partial charge is 0.322 e. The molecule has 0 unspecified atom stereocenters. The van der Waals surface area contributed by atoms with Crippen molar-refractivity contribution in [2.45, 2.75) is 9.79 Å². The molecular weight excluding hydrogens is 422 g/mol. The van der Waals surface area contributed by atoms with Crippen molar-refractivity contribution < 1.29 is 21.6 Å². The van der Waals surface area contributed by atoms with Gasteiger partial charge in [-0.05, 0) is 48.2 Å². The summed E-state index contributed by atoms with van der Waals surface area (Å²) in [7, 11) is -6.82. The Morgan fingerprint density at radius 1 is 1.21 bits per heavy atom. The number of sulfonamides is 1. The van der Waals surface area contributed by atoms with Crippen molar-refractivity contribution >= 4 is 54.1 Å². The summed E-state index contributed by atoms with van der Waals surface area (Å²) in [6.45, 7) is 0.324. The number of nitrogens with zero attached hydrogens (tertiary/aromatic N) is 2. The molecule has 2 aromatic rings. The summed E-state index contributed by atoms with van der Waals surface area (Å²) in [6.07, 6.45) is 1.10. The van der Waals surface area contributed by atoms with Gasteiger partial charge in [-0.25, -0.2) is 16.8 Å². The molecule has 4 rings (SSSR count). The molecule has 0 spiro atoms. The van der Waals surface area contributed by atoms with Crippen molar-refractivity contribution in [2.75, 3.05) is 28.8 Å². The maximum absolute atomic E-state index is 12.6. The predicted molar refractivity (Wildman–Crippen MR) is 108 cm³/mol. The third-order valence-electron chi connectivity index (χ3n) is 4.26. The quantitative estimate of drug-likeness (QED) is 0.781. The molecule has 2 aliphatic heterocycles. The zero-order chi connectivity index (χ0) is 20.1. The Morgan fingerprint density at radius 2 is 2.00 bits per heavy atom. The lowest BCUT2D eigenvalue weighted by Crippen LogP contribution is -2.35. The van der Waals surface area contributed by atoms with Crippen molar-refractivity contribution in [2.24, 2.45) is 4.40 Å². The molecule has 2 heterocycles. The molecule has 1 N–H and O–H groups in total. The number of hydrogen-bond acceptors (Lipinski definition) is 7. The Bertz CT molecular complexity index is 1240. The first-order valence-corrected chi connectivity index (χ1v) is 12.5. The molecule has 1 amide bonds. The fraction of sp³-hybridized carbons (Fsp3) is 0.176. The van der Waals surface area contributed by atoms with Crippen LogP contribution in [0, 0.1) is 0 Å². The highest BCUT2D eigenvalue weighted by Gasteiger charge is 2.33. The van der Waals surface area contributed by atoms with Gasteiger partial charge in [-0.2, -0.15) is 0 Å². The number of amides is 1. The first-order chi connectivity index (χ1) is 13.1. The van der Waals surface area contributed by atoms with Crippen molar-refractivity contribution in [3.8, 4) is 0 Å². The average molecular weight is 438 g/mol. The maximum atomic E-state index is 12.6. The number of rotatable bonds is 3. The van der Waals surface area contributed by atoms with Gasteiger partial charge in [-0.1, -0.05) is 6.07 Å². The summed E-state index contributed by atoms with van der Waals surface area (Å²) < 4.78 is 50.5. The van der Waals surface area contributed by atoms with Gasteiger partial charge < -0.3 is 10.2 Å². The van der Waals surface area contributed by atoms with Crippen LogP contribution in [-0.2, 0) is 19.9 Å². The SMILES string of the molecule is CS(=O)(=O)c1cccc(NC(=O)c2ccc3c(c2)SC2=NS(=O)(=O)CCN23)c1. The fourth-order valence-electron chi connectivity index (χ4n) is 2.88. The van der Waals surface area contributed by atoms with E-state index < -0.39 is 25.8 Å². The van der Waals surface area contributed by atoms with E-state index in [1.165, 1.54) is 23.9 Å². The zero-order valence-corrected chi connectivity index (χ0v) is 17.1. The number of thioether (sulfide) groups is 1. The van der Waals surface area contributed by atoms with E-state index in [2.05, 4.69) is 9.71 Å². The highest BCUT2D eigenvalue weighted by Crippen LogP contribution is 2.42. The molecule has 0 aromatic heterocycles. The van der Waals surface area contributed by atoms with Crippen LogP contribution in [0.4, 0.5) is 11.4 Å². The number of nitrogens with one attached hydrogen (secondary N) is 1. The summed E-state index contributed by atoms with van der Waals surface area (Å²) in [4.78, 5) is 15.3. The summed E-state index contributed by atoms with van der Waals surface area (Å²) in [5.41, 5.74) is 1.56. The summed E-state index contributed by atoms with van der Waals surface area (Å²) in [5, 5.41) is 3.07. The van der Waals surface area contributed by atoms with Gasteiger partial charge in [0.05, 0.1) is 16.3 Å². The van der Waals surface area contributed by atoms with E-state index in [1.54, 1.807) is 30.3 Å². The average Bonchev–Trinajstić information content (AvgIpc) is 2.96. The second kappa shape index (κ2) is 6.61. The molecule has 146 valence electrons. The Balaban J connectivity index is 1.59. The molecule has 0 atom stereocenters. The van der Waals surface area contributed by atoms with E-state index in [0.29, 0.717) is 23.0 Å². The first-order valence-electron chi connectivity index (χ1n) is 8.16. The Kier molecular flexibility index (Phi) is 4.47. The van der Waals surface area contributed by atoms with E-state index in [4.69, 9.17) is 0 Å². The normalized spacial score (nSPS) is 17.5. The van der Waals surface area contributed by atoms with Gasteiger partial charge >= 0.3 is 0 Å². The van der Waals surface area contributed by atoms with E-state index in [9.17, 15) is 21.6 Å². The molecule has 0 aliphatic carbocycles. The van der Waals surface area contributed by atoms with Crippen LogP contribution in [0.1, 0.15) is 10.4 Å². The number of carbonyl (C=O) groups excluding carboxylic acids is 1. The molecule has 0 bridgehead atoms. The number of hydrogen-bond donors (Lipinski definition) is 1. The van der Waals surface area contributed by atoms with Crippen molar-refractivity contribution in [3.05, 3.63) is 48.0 Å². The monoisotopic (exact) mass is 437 g/mol. The van der Waals surface area contributed by atoms with Crippen LogP contribution in [0.15, 0.2) is 56.7 Å². The summed E-state index contributed by atoms with van der Waals surface area (Å²) in [6, 6.07) is 11.1. The minimum absolute atomic E-state index is 0.0462. The van der Waals surface area contributed by atoms with E-state index in [-0.39, 0.29) is 10.6 Å². The van der Waals surface area contributed by atoms with Crippen LogP contribution in [0.2, 0.25) is 0 Å². The number of fused-ring (bicyclic) bond motifs is 3. The van der Waals surface area contributed by atoms with Crippen LogP contribution in [-0.4, -0.2) is 46.5 Å². The minimum atomic E-state index is -3.44. The first kappa shape index (κ1) is 19.0. The van der Waals surface area contributed by atoms with E-state index in [1.807, 2.05) is 4.90 Å². The molecule has 2 aliphatic rings. The van der Waals surface area contributed by atoms with Gasteiger partial charge in [0, 0.05) is 28.9 Å². The molecule has 0 saturated carbocycles. The van der Waals surface area contributed by atoms with Gasteiger partial charge in [0.15, 0.2) is 15.0 Å². The number of anilines is 2. The van der Waals surface area contributed by atoms with Crippen LogP contribution < -0.4 is 10.2 Å². The lowest BCUT2D eigenvalue weighted by atomic mass is 10.1. The molecule has 0 fully saturated rings. The molecule has 28 heavy (non-hydrogen) atoms. The molecule has 0 radical (unpaired) electrons. The van der Waals surface area contributed by atoms with Crippen LogP contribution >= 0.6 is 11.8 Å². The van der Waals surface area contributed by atoms with E-state index >= 15 is 0 Å². The van der Waals surface area contributed by atoms with Crippen LogP contribution in [0.5, 0.6) is 0 Å². The Hall–Kier alpha value is -2.37. The second-order valence-corrected chi connectivity index (χ2v) is 11.1. The topological polar surface area (TPSA) is 113 Å². The molecular formula is C17H15N3O5S3. The van der Waals surface area contributed by atoms with Gasteiger partial charge in [0.2, 0.25) is 0 Å². The van der Waals surface area contributed by atoms with Gasteiger partial charge in [0.25, 0.3) is 15.9 Å². The fourth-order valence-corrected chi connectivity index (χ4v) is 5.84. The summed E-state index contributed by atoms with van der Waals surface area (Å²) >= 11 is 1.20. The smallest absolute Gasteiger partial charge is 0.257 e. The number of carbonyl (C=O) groups is 1. The van der Waals surface area contributed by atoms with Crippen molar-refractivity contribution in [1.29, 1.82) is 0 Å². The lowest BCUT2D eigenvalue weighted by molar-refractivity contribution is 0.102. The lowest BCUT2D eigenvalue weighted by Gasteiger charge is -2.22. The van der Waals surface area contributed by atoms with Crippen LogP contribution in [0.3, 0.4) is 0 Å². The highest BCUT2D eigenvalue weighted by atomic mass is 32.2.